The molecule has 0 radical (unpaired) electrons. The van der Waals surface area contributed by atoms with Crippen LogP contribution in [-0.4, -0.2) is 13.8 Å². The Morgan fingerprint density at radius 3 is 2.69 bits per heavy atom. The Kier molecular flexibility index (Phi) is 3.03. The van der Waals surface area contributed by atoms with E-state index in [1.54, 1.807) is 0 Å². The number of nitrogens with one attached hydrogen (secondary N) is 1. The topological polar surface area (TPSA) is 50.4 Å². The molecule has 1 atom stereocenters. The second-order valence-corrected chi connectivity index (χ2v) is 2.97. The van der Waals surface area contributed by atoms with Crippen LogP contribution in [0.1, 0.15) is 18.5 Å². The zero-order chi connectivity index (χ0) is 9.84. The van der Waals surface area contributed by atoms with Crippen molar-refractivity contribution in [1.29, 1.82) is 0 Å². The summed E-state index contributed by atoms with van der Waals surface area (Å²) in [6.07, 6.45) is 0. The Morgan fingerprint density at radius 2 is 2.23 bits per heavy atom. The highest BCUT2D eigenvalue weighted by atomic mass is 14.9. The van der Waals surface area contributed by atoms with E-state index >= 15 is 0 Å². The fraction of sp³-hybridized carbons (Fsp3) is 0.300. The van der Waals surface area contributed by atoms with Gasteiger partial charge in [0.05, 0.1) is 11.4 Å². The van der Waals surface area contributed by atoms with Crippen LogP contribution in [0.2, 0.25) is 0 Å². The Balaban J connectivity index is 3.13. The molecule has 1 aromatic rings. The molecule has 0 aliphatic carbocycles. The van der Waals surface area contributed by atoms with Crippen molar-refractivity contribution in [3.63, 3.8) is 0 Å². The van der Waals surface area contributed by atoms with Crippen molar-refractivity contribution in [1.82, 2.24) is 0 Å². The zero-order valence-corrected chi connectivity index (χ0v) is 8.04. The number of aliphatic imine (C=N–C) groups is 1. The summed E-state index contributed by atoms with van der Waals surface area (Å²) in [5.41, 5.74) is 8.63. The van der Waals surface area contributed by atoms with Gasteiger partial charge < -0.3 is 11.1 Å². The normalized spacial score (nSPS) is 12.2. The van der Waals surface area contributed by atoms with Crippen molar-refractivity contribution in [2.75, 3.05) is 12.4 Å². The molecular formula is C10H15N3. The monoisotopic (exact) mass is 177 g/mol. The number of benzene rings is 1. The minimum atomic E-state index is 0.0337. The molecule has 3 nitrogen and oxygen atoms in total. The van der Waals surface area contributed by atoms with Gasteiger partial charge in [-0.15, -0.1) is 0 Å². The van der Waals surface area contributed by atoms with Crippen LogP contribution in [-0.2, 0) is 0 Å². The van der Waals surface area contributed by atoms with Crippen LogP contribution >= 0.6 is 0 Å². The lowest BCUT2D eigenvalue weighted by Crippen LogP contribution is -2.04. The Morgan fingerprint density at radius 1 is 1.54 bits per heavy atom. The van der Waals surface area contributed by atoms with E-state index in [4.69, 9.17) is 5.73 Å². The lowest BCUT2D eigenvalue weighted by atomic mass is 10.1. The van der Waals surface area contributed by atoms with Crippen LogP contribution in [0.15, 0.2) is 23.2 Å². The summed E-state index contributed by atoms with van der Waals surface area (Å²) in [5.74, 6) is 0. The van der Waals surface area contributed by atoms with E-state index < -0.39 is 0 Å². The predicted molar refractivity (Wildman–Crippen MR) is 57.8 cm³/mol. The number of hydrogen-bond donors (Lipinski definition) is 2. The number of hydrogen-bond acceptors (Lipinski definition) is 3. The summed E-state index contributed by atoms with van der Waals surface area (Å²) in [6.45, 7) is 5.45. The average molecular weight is 177 g/mol. The average Bonchev–Trinajstić information content (AvgIpc) is 2.16. The smallest absolute Gasteiger partial charge is 0.0856 e. The maximum absolute atomic E-state index is 5.75. The van der Waals surface area contributed by atoms with Gasteiger partial charge in [-0.1, -0.05) is 6.07 Å². The van der Waals surface area contributed by atoms with Gasteiger partial charge in [0.2, 0.25) is 0 Å². The van der Waals surface area contributed by atoms with E-state index in [2.05, 4.69) is 17.0 Å². The Labute approximate surface area is 78.7 Å². The van der Waals surface area contributed by atoms with E-state index in [0.29, 0.717) is 0 Å². The molecule has 1 unspecified atom stereocenters. The van der Waals surface area contributed by atoms with Gasteiger partial charge >= 0.3 is 0 Å². The van der Waals surface area contributed by atoms with E-state index in [1.165, 1.54) is 0 Å². The fourth-order valence-electron chi connectivity index (χ4n) is 1.17. The molecule has 0 aliphatic heterocycles. The van der Waals surface area contributed by atoms with Gasteiger partial charge in [-0.25, -0.2) is 0 Å². The van der Waals surface area contributed by atoms with E-state index in [0.717, 1.165) is 16.9 Å². The van der Waals surface area contributed by atoms with Crippen molar-refractivity contribution in [3.8, 4) is 0 Å². The van der Waals surface area contributed by atoms with Gasteiger partial charge in [0.15, 0.2) is 0 Å². The van der Waals surface area contributed by atoms with Crippen LogP contribution in [0.5, 0.6) is 0 Å². The van der Waals surface area contributed by atoms with Gasteiger partial charge in [0.1, 0.15) is 0 Å². The Hall–Kier alpha value is -1.35. The molecule has 3 N–H and O–H groups in total. The first-order valence-electron chi connectivity index (χ1n) is 4.23. The van der Waals surface area contributed by atoms with Crippen molar-refractivity contribution < 1.29 is 0 Å². The first-order valence-corrected chi connectivity index (χ1v) is 4.23. The van der Waals surface area contributed by atoms with Crippen LogP contribution in [0.25, 0.3) is 0 Å². The molecular weight excluding hydrogens is 162 g/mol. The summed E-state index contributed by atoms with van der Waals surface area (Å²) in [7, 11) is 1.86. The second kappa shape index (κ2) is 4.05. The van der Waals surface area contributed by atoms with Crippen LogP contribution in [0.4, 0.5) is 11.4 Å². The highest BCUT2D eigenvalue weighted by Crippen LogP contribution is 2.27. The molecule has 70 valence electrons. The highest BCUT2D eigenvalue weighted by molar-refractivity contribution is 5.68. The van der Waals surface area contributed by atoms with Crippen LogP contribution in [0, 0.1) is 0 Å². The lowest BCUT2D eigenvalue weighted by Gasteiger charge is -2.09. The summed E-state index contributed by atoms with van der Waals surface area (Å²) in [5, 5.41) is 3.04. The number of anilines is 1. The standard InChI is InChI=1S/C10H15N3/c1-7(11)8-4-5-9(12-2)10(6-8)13-3/h4-7,12H,3,11H2,1-2H3. The molecule has 3 heteroatoms. The first-order chi connectivity index (χ1) is 6.19. The molecule has 1 rings (SSSR count). The van der Waals surface area contributed by atoms with Gasteiger partial charge in [-0.05, 0) is 31.3 Å². The molecule has 0 fully saturated rings. The Bertz CT molecular complexity index is 305. The minimum Gasteiger partial charge on any atom is -0.386 e. The fourth-order valence-corrected chi connectivity index (χ4v) is 1.17. The summed E-state index contributed by atoms with van der Waals surface area (Å²) in [4.78, 5) is 3.92. The third kappa shape index (κ3) is 2.06. The van der Waals surface area contributed by atoms with Crippen molar-refractivity contribution in [2.45, 2.75) is 13.0 Å². The number of rotatable bonds is 3. The third-order valence-electron chi connectivity index (χ3n) is 1.99. The molecule has 0 aromatic heterocycles. The molecule has 0 aliphatic rings. The molecule has 1 aromatic carbocycles. The maximum Gasteiger partial charge on any atom is 0.0856 e. The predicted octanol–water partition coefficient (Wildman–Crippen LogP) is 2.08. The van der Waals surface area contributed by atoms with E-state index in [-0.39, 0.29) is 6.04 Å². The zero-order valence-electron chi connectivity index (χ0n) is 8.04. The molecule has 0 saturated heterocycles. The van der Waals surface area contributed by atoms with Crippen molar-refractivity contribution >= 4 is 18.1 Å². The molecule has 0 spiro atoms. The van der Waals surface area contributed by atoms with Gasteiger partial charge in [0.25, 0.3) is 0 Å². The first kappa shape index (κ1) is 9.74. The third-order valence-corrected chi connectivity index (χ3v) is 1.99. The van der Waals surface area contributed by atoms with Crippen LogP contribution < -0.4 is 11.1 Å². The summed E-state index contributed by atoms with van der Waals surface area (Å²) >= 11 is 0. The number of nitrogens with two attached hydrogens (primary N) is 1. The summed E-state index contributed by atoms with van der Waals surface area (Å²) < 4.78 is 0. The van der Waals surface area contributed by atoms with Crippen molar-refractivity contribution in [3.05, 3.63) is 23.8 Å². The van der Waals surface area contributed by atoms with E-state index in [1.807, 2.05) is 32.2 Å². The largest absolute Gasteiger partial charge is 0.386 e. The van der Waals surface area contributed by atoms with Gasteiger partial charge in [-0.3, -0.25) is 4.99 Å². The highest BCUT2D eigenvalue weighted by Gasteiger charge is 2.03. The van der Waals surface area contributed by atoms with Gasteiger partial charge in [0, 0.05) is 13.1 Å². The maximum atomic E-state index is 5.75. The molecule has 0 bridgehead atoms. The summed E-state index contributed by atoms with van der Waals surface area (Å²) in [6, 6.07) is 5.93. The van der Waals surface area contributed by atoms with Crippen molar-refractivity contribution in [2.24, 2.45) is 10.7 Å². The second-order valence-electron chi connectivity index (χ2n) is 2.97. The van der Waals surface area contributed by atoms with E-state index in [9.17, 15) is 0 Å². The molecule has 0 amide bonds. The molecule has 0 heterocycles. The molecule has 0 saturated carbocycles. The lowest BCUT2D eigenvalue weighted by molar-refractivity contribution is 0.818. The SMILES string of the molecule is C=Nc1cc(C(C)N)ccc1NC. The minimum absolute atomic E-state index is 0.0337. The quantitative estimate of drug-likeness (QED) is 0.694. The number of nitrogens with zero attached hydrogens (tertiary/aromatic N) is 1. The van der Waals surface area contributed by atoms with Gasteiger partial charge in [-0.2, -0.15) is 0 Å². The molecule has 13 heavy (non-hydrogen) atoms. The van der Waals surface area contributed by atoms with Crippen LogP contribution in [0.3, 0.4) is 0 Å².